The molecule has 0 saturated carbocycles. The SMILES string of the molecule is CCC(C)C(O)CNC(=O)NC(C)c1nc(C)cs1. The molecule has 1 aromatic rings. The van der Waals surface area contributed by atoms with E-state index in [0.717, 1.165) is 17.1 Å². The first-order valence-electron chi connectivity index (χ1n) is 6.58. The average Bonchev–Trinajstić information content (AvgIpc) is 2.81. The second-order valence-electron chi connectivity index (χ2n) is 4.86. The molecule has 1 heterocycles. The van der Waals surface area contributed by atoms with Crippen molar-refractivity contribution in [2.45, 2.75) is 46.3 Å². The number of amides is 2. The molecular formula is C13H23N3O2S. The zero-order chi connectivity index (χ0) is 14.4. The van der Waals surface area contributed by atoms with Crippen molar-refractivity contribution in [1.82, 2.24) is 15.6 Å². The molecule has 0 aliphatic rings. The minimum Gasteiger partial charge on any atom is -0.391 e. The lowest BCUT2D eigenvalue weighted by Crippen LogP contribution is -2.42. The summed E-state index contributed by atoms with van der Waals surface area (Å²) in [4.78, 5) is 16.0. The van der Waals surface area contributed by atoms with Gasteiger partial charge in [0.15, 0.2) is 0 Å². The Morgan fingerprint density at radius 3 is 2.74 bits per heavy atom. The van der Waals surface area contributed by atoms with Gasteiger partial charge in [0.2, 0.25) is 0 Å². The van der Waals surface area contributed by atoms with Gasteiger partial charge in [-0.05, 0) is 19.8 Å². The predicted octanol–water partition coefficient (Wildman–Crippen LogP) is 2.22. The quantitative estimate of drug-likeness (QED) is 0.750. The minimum atomic E-state index is -0.506. The third-order valence-electron chi connectivity index (χ3n) is 3.13. The van der Waals surface area contributed by atoms with Crippen LogP contribution in [0.5, 0.6) is 0 Å². The zero-order valence-corrected chi connectivity index (χ0v) is 12.8. The van der Waals surface area contributed by atoms with Crippen LogP contribution in [0.15, 0.2) is 5.38 Å². The van der Waals surface area contributed by atoms with E-state index in [9.17, 15) is 9.90 Å². The summed E-state index contributed by atoms with van der Waals surface area (Å²) in [6.07, 6.45) is 0.382. The smallest absolute Gasteiger partial charge is 0.315 e. The minimum absolute atomic E-state index is 0.126. The van der Waals surface area contributed by atoms with Crippen LogP contribution in [-0.4, -0.2) is 28.8 Å². The van der Waals surface area contributed by atoms with Gasteiger partial charge in [0.1, 0.15) is 5.01 Å². The summed E-state index contributed by atoms with van der Waals surface area (Å²) >= 11 is 1.53. The summed E-state index contributed by atoms with van der Waals surface area (Å²) in [5, 5.41) is 18.1. The van der Waals surface area contributed by atoms with E-state index in [0.29, 0.717) is 0 Å². The van der Waals surface area contributed by atoms with Crippen molar-refractivity contribution in [2.24, 2.45) is 5.92 Å². The molecule has 0 saturated heterocycles. The summed E-state index contributed by atoms with van der Waals surface area (Å²) in [5.74, 6) is 0.180. The number of rotatable bonds is 6. The van der Waals surface area contributed by atoms with Gasteiger partial charge >= 0.3 is 6.03 Å². The molecule has 6 heteroatoms. The second-order valence-corrected chi connectivity index (χ2v) is 5.75. The molecule has 5 nitrogen and oxygen atoms in total. The van der Waals surface area contributed by atoms with Crippen molar-refractivity contribution in [3.8, 4) is 0 Å². The lowest BCUT2D eigenvalue weighted by Gasteiger charge is -2.18. The molecular weight excluding hydrogens is 262 g/mol. The van der Waals surface area contributed by atoms with Gasteiger partial charge in [-0.1, -0.05) is 20.3 Å². The second kappa shape index (κ2) is 7.45. The molecule has 3 unspecified atom stereocenters. The maximum Gasteiger partial charge on any atom is 0.315 e. The highest BCUT2D eigenvalue weighted by Gasteiger charge is 2.15. The van der Waals surface area contributed by atoms with Crippen LogP contribution in [-0.2, 0) is 0 Å². The molecule has 0 aromatic carbocycles. The van der Waals surface area contributed by atoms with E-state index in [4.69, 9.17) is 0 Å². The van der Waals surface area contributed by atoms with E-state index in [1.54, 1.807) is 0 Å². The molecule has 0 spiro atoms. The topological polar surface area (TPSA) is 74.2 Å². The van der Waals surface area contributed by atoms with E-state index in [1.807, 2.05) is 33.1 Å². The molecule has 0 aliphatic carbocycles. The van der Waals surface area contributed by atoms with E-state index in [2.05, 4.69) is 15.6 Å². The summed E-state index contributed by atoms with van der Waals surface area (Å²) in [5.41, 5.74) is 0.959. The van der Waals surface area contributed by atoms with Gasteiger partial charge in [0, 0.05) is 17.6 Å². The Morgan fingerprint density at radius 1 is 1.53 bits per heavy atom. The molecule has 19 heavy (non-hydrogen) atoms. The number of nitrogens with one attached hydrogen (secondary N) is 2. The van der Waals surface area contributed by atoms with Gasteiger partial charge in [0.05, 0.1) is 12.1 Å². The summed E-state index contributed by atoms with van der Waals surface area (Å²) < 4.78 is 0. The van der Waals surface area contributed by atoms with Crippen molar-refractivity contribution < 1.29 is 9.90 Å². The van der Waals surface area contributed by atoms with Crippen LogP contribution in [0.1, 0.15) is 43.9 Å². The molecule has 3 atom stereocenters. The van der Waals surface area contributed by atoms with Gasteiger partial charge in [-0.15, -0.1) is 11.3 Å². The lowest BCUT2D eigenvalue weighted by atomic mass is 10.0. The molecule has 1 rings (SSSR count). The van der Waals surface area contributed by atoms with E-state index < -0.39 is 6.10 Å². The van der Waals surface area contributed by atoms with Crippen LogP contribution in [0.4, 0.5) is 4.79 Å². The Hall–Kier alpha value is -1.14. The fraction of sp³-hybridized carbons (Fsp3) is 0.692. The van der Waals surface area contributed by atoms with Crippen molar-refractivity contribution in [1.29, 1.82) is 0 Å². The van der Waals surface area contributed by atoms with Crippen LogP contribution in [0, 0.1) is 12.8 Å². The Kier molecular flexibility index (Phi) is 6.24. The molecule has 108 valence electrons. The van der Waals surface area contributed by atoms with Gasteiger partial charge in [-0.3, -0.25) is 0 Å². The Labute approximate surface area is 118 Å². The lowest BCUT2D eigenvalue weighted by molar-refractivity contribution is 0.114. The molecule has 0 bridgehead atoms. The summed E-state index contributed by atoms with van der Waals surface area (Å²) in [7, 11) is 0. The molecule has 0 radical (unpaired) electrons. The molecule has 0 fully saturated rings. The first kappa shape index (κ1) is 15.9. The number of carbonyl (C=O) groups is 1. The van der Waals surface area contributed by atoms with Crippen molar-refractivity contribution in [3.05, 3.63) is 16.1 Å². The third-order valence-corrected chi connectivity index (χ3v) is 4.27. The molecule has 1 aromatic heterocycles. The van der Waals surface area contributed by atoms with E-state index in [-0.39, 0.29) is 24.5 Å². The number of aromatic nitrogens is 1. The van der Waals surface area contributed by atoms with Gasteiger partial charge in [-0.2, -0.15) is 0 Å². The third kappa shape index (κ3) is 5.16. The van der Waals surface area contributed by atoms with Gasteiger partial charge in [0.25, 0.3) is 0 Å². The first-order valence-corrected chi connectivity index (χ1v) is 7.46. The number of thiazole rings is 1. The van der Waals surface area contributed by atoms with Crippen molar-refractivity contribution in [3.63, 3.8) is 0 Å². The van der Waals surface area contributed by atoms with E-state index >= 15 is 0 Å². The number of aliphatic hydroxyl groups excluding tert-OH is 1. The number of nitrogens with zero attached hydrogens (tertiary/aromatic N) is 1. The van der Waals surface area contributed by atoms with Crippen LogP contribution in [0.2, 0.25) is 0 Å². The fourth-order valence-electron chi connectivity index (χ4n) is 1.55. The number of aliphatic hydroxyl groups is 1. The number of aryl methyl sites for hydroxylation is 1. The van der Waals surface area contributed by atoms with Crippen molar-refractivity contribution >= 4 is 17.4 Å². The zero-order valence-electron chi connectivity index (χ0n) is 11.9. The first-order chi connectivity index (χ1) is 8.93. The summed E-state index contributed by atoms with van der Waals surface area (Å²) in [6, 6.07) is -0.401. The van der Waals surface area contributed by atoms with Crippen molar-refractivity contribution in [2.75, 3.05) is 6.54 Å². The molecule has 3 N–H and O–H groups in total. The Morgan fingerprint density at radius 2 is 2.21 bits per heavy atom. The van der Waals surface area contributed by atoms with Crippen LogP contribution >= 0.6 is 11.3 Å². The number of urea groups is 1. The van der Waals surface area contributed by atoms with Gasteiger partial charge < -0.3 is 15.7 Å². The highest BCUT2D eigenvalue weighted by Crippen LogP contribution is 2.17. The molecule has 0 aliphatic heterocycles. The number of hydrogen-bond donors (Lipinski definition) is 3. The highest BCUT2D eigenvalue weighted by atomic mass is 32.1. The number of hydrogen-bond acceptors (Lipinski definition) is 4. The predicted molar refractivity (Wildman–Crippen MR) is 77.3 cm³/mol. The van der Waals surface area contributed by atoms with E-state index in [1.165, 1.54) is 11.3 Å². The monoisotopic (exact) mass is 285 g/mol. The highest BCUT2D eigenvalue weighted by molar-refractivity contribution is 7.09. The van der Waals surface area contributed by atoms with Crippen LogP contribution < -0.4 is 10.6 Å². The largest absolute Gasteiger partial charge is 0.391 e. The maximum absolute atomic E-state index is 11.7. The molecule has 2 amide bonds. The standard InChI is InChI=1S/C13H23N3O2S/c1-5-8(2)11(17)6-14-13(18)16-10(4)12-15-9(3)7-19-12/h7-8,10-11,17H,5-6H2,1-4H3,(H2,14,16,18). The van der Waals surface area contributed by atoms with Crippen LogP contribution in [0.3, 0.4) is 0 Å². The van der Waals surface area contributed by atoms with Gasteiger partial charge in [-0.25, -0.2) is 9.78 Å². The maximum atomic E-state index is 11.7. The Bertz CT molecular complexity index is 408. The fourth-order valence-corrected chi connectivity index (χ4v) is 2.35. The summed E-state index contributed by atoms with van der Waals surface area (Å²) in [6.45, 7) is 8.06. The normalized spacial score (nSPS) is 15.6. The Balaban J connectivity index is 2.35. The number of carbonyl (C=O) groups excluding carboxylic acids is 1. The average molecular weight is 285 g/mol. The van der Waals surface area contributed by atoms with Crippen LogP contribution in [0.25, 0.3) is 0 Å².